The van der Waals surface area contributed by atoms with Crippen molar-refractivity contribution >= 4 is 11.8 Å². The lowest BCUT2D eigenvalue weighted by molar-refractivity contribution is -0.148. The predicted molar refractivity (Wildman–Crippen MR) is 106 cm³/mol. The fraction of sp³-hybridized carbons (Fsp3) is 0.909. The lowest BCUT2D eigenvalue weighted by Gasteiger charge is -2.41. The van der Waals surface area contributed by atoms with Crippen LogP contribution < -0.4 is 0 Å². The van der Waals surface area contributed by atoms with Gasteiger partial charge in [-0.1, -0.05) is 38.5 Å². The highest BCUT2D eigenvalue weighted by Crippen LogP contribution is 2.29. The summed E-state index contributed by atoms with van der Waals surface area (Å²) < 4.78 is 0. The summed E-state index contributed by atoms with van der Waals surface area (Å²) in [5, 5.41) is 0. The minimum Gasteiger partial charge on any atom is -0.341 e. The zero-order chi connectivity index (χ0) is 18.6. The third-order valence-electron chi connectivity index (χ3n) is 7.51. The zero-order valence-electron chi connectivity index (χ0n) is 16.9. The van der Waals surface area contributed by atoms with E-state index in [9.17, 15) is 9.59 Å². The highest BCUT2D eigenvalue weighted by atomic mass is 16.2. The van der Waals surface area contributed by atoms with Crippen LogP contribution in [0.25, 0.3) is 0 Å². The summed E-state index contributed by atoms with van der Waals surface area (Å²) in [5.74, 6) is 1.38. The summed E-state index contributed by atoms with van der Waals surface area (Å²) in [6, 6.07) is 0.779. The van der Waals surface area contributed by atoms with Gasteiger partial charge in [-0.15, -0.1) is 0 Å². The van der Waals surface area contributed by atoms with Crippen molar-refractivity contribution in [1.82, 2.24) is 14.7 Å². The predicted octanol–water partition coefficient (Wildman–Crippen LogP) is 2.89. The maximum Gasteiger partial charge on any atom is 0.229 e. The molecule has 0 aromatic rings. The minimum absolute atomic E-state index is 0.0545. The van der Waals surface area contributed by atoms with Crippen LogP contribution in [0.5, 0.6) is 0 Å². The summed E-state index contributed by atoms with van der Waals surface area (Å²) in [6.07, 6.45) is 13.6. The molecule has 5 heteroatoms. The van der Waals surface area contributed by atoms with Crippen LogP contribution in [0, 0.1) is 11.8 Å². The van der Waals surface area contributed by atoms with Crippen molar-refractivity contribution < 1.29 is 9.59 Å². The third kappa shape index (κ3) is 4.67. The average molecular weight is 376 g/mol. The van der Waals surface area contributed by atoms with Crippen LogP contribution in [0.4, 0.5) is 0 Å². The van der Waals surface area contributed by atoms with E-state index in [2.05, 4.69) is 9.80 Å². The van der Waals surface area contributed by atoms with Crippen LogP contribution in [0.1, 0.15) is 70.6 Å². The maximum atomic E-state index is 12.8. The monoisotopic (exact) mass is 375 g/mol. The zero-order valence-corrected chi connectivity index (χ0v) is 16.9. The first-order chi connectivity index (χ1) is 13.2. The van der Waals surface area contributed by atoms with Gasteiger partial charge >= 0.3 is 0 Å². The van der Waals surface area contributed by atoms with E-state index in [-0.39, 0.29) is 11.8 Å². The summed E-state index contributed by atoms with van der Waals surface area (Å²) in [4.78, 5) is 31.8. The van der Waals surface area contributed by atoms with E-state index in [0.29, 0.717) is 25.4 Å². The summed E-state index contributed by atoms with van der Waals surface area (Å²) >= 11 is 0. The van der Waals surface area contributed by atoms with Crippen molar-refractivity contribution in [2.75, 3.05) is 39.3 Å². The number of nitrogens with zero attached hydrogens (tertiary/aromatic N) is 3. The molecule has 0 bridgehead atoms. The van der Waals surface area contributed by atoms with E-state index in [1.54, 1.807) is 0 Å². The molecule has 4 aliphatic rings. The molecule has 0 aromatic carbocycles. The van der Waals surface area contributed by atoms with Crippen molar-refractivity contribution in [2.45, 2.75) is 76.7 Å². The molecule has 0 unspecified atom stereocenters. The lowest BCUT2D eigenvalue weighted by atomic mass is 9.86. The van der Waals surface area contributed by atoms with Gasteiger partial charge in [-0.2, -0.15) is 0 Å². The summed E-state index contributed by atoms with van der Waals surface area (Å²) in [6.45, 7) is 5.27. The molecule has 2 heterocycles. The Kier molecular flexibility index (Phi) is 6.36. The van der Waals surface area contributed by atoms with Gasteiger partial charge in [0.05, 0.1) is 5.92 Å². The fourth-order valence-electron chi connectivity index (χ4n) is 5.33. The minimum atomic E-state index is 0.0545. The molecule has 4 fully saturated rings. The van der Waals surface area contributed by atoms with Gasteiger partial charge in [0, 0.05) is 51.7 Å². The normalized spacial score (nSPS) is 26.4. The molecule has 2 aliphatic heterocycles. The van der Waals surface area contributed by atoms with Gasteiger partial charge < -0.3 is 9.80 Å². The summed E-state index contributed by atoms with van der Waals surface area (Å²) in [5.41, 5.74) is 0. The quantitative estimate of drug-likeness (QED) is 0.742. The molecule has 0 N–H and O–H groups in total. The van der Waals surface area contributed by atoms with E-state index in [1.165, 1.54) is 51.4 Å². The Morgan fingerprint density at radius 2 is 1.52 bits per heavy atom. The van der Waals surface area contributed by atoms with Gasteiger partial charge in [-0.05, 0) is 31.6 Å². The van der Waals surface area contributed by atoms with Crippen molar-refractivity contribution in [2.24, 2.45) is 11.8 Å². The molecule has 0 radical (unpaired) electrons. The molecule has 2 aliphatic carbocycles. The van der Waals surface area contributed by atoms with Crippen molar-refractivity contribution in [3.8, 4) is 0 Å². The van der Waals surface area contributed by atoms with Crippen LogP contribution in [0.15, 0.2) is 0 Å². The van der Waals surface area contributed by atoms with E-state index in [1.807, 2.05) is 4.90 Å². The molecule has 5 nitrogen and oxygen atoms in total. The van der Waals surface area contributed by atoms with Gasteiger partial charge in [0.25, 0.3) is 0 Å². The van der Waals surface area contributed by atoms with Gasteiger partial charge in [-0.3, -0.25) is 14.5 Å². The topological polar surface area (TPSA) is 43.9 Å². The largest absolute Gasteiger partial charge is 0.341 e. The lowest BCUT2D eigenvalue weighted by Crippen LogP contribution is -2.56. The van der Waals surface area contributed by atoms with E-state index in [4.69, 9.17) is 0 Å². The first-order valence-electron chi connectivity index (χ1n) is 11.5. The molecule has 152 valence electrons. The molecular weight excluding hydrogens is 338 g/mol. The molecule has 0 aromatic heterocycles. The number of carbonyl (C=O) groups excluding carboxylic acids is 2. The maximum absolute atomic E-state index is 12.8. The number of rotatable bonds is 5. The smallest absolute Gasteiger partial charge is 0.229 e. The second-order valence-electron chi connectivity index (χ2n) is 9.34. The molecule has 2 saturated heterocycles. The highest BCUT2D eigenvalue weighted by molar-refractivity contribution is 5.84. The highest BCUT2D eigenvalue weighted by Gasteiger charge is 2.38. The fourth-order valence-corrected chi connectivity index (χ4v) is 5.33. The van der Waals surface area contributed by atoms with E-state index in [0.717, 1.165) is 51.0 Å². The van der Waals surface area contributed by atoms with Crippen molar-refractivity contribution in [3.05, 3.63) is 0 Å². The van der Waals surface area contributed by atoms with Gasteiger partial charge in [0.1, 0.15) is 0 Å². The number of likely N-dealkylation sites (tertiary alicyclic amines) is 1. The SMILES string of the molecule is O=C(CCC1CCCCC1)N1CC(C(=O)N2CCCN(C3CCC3)CC2)C1. The Hall–Kier alpha value is -1.10. The third-order valence-corrected chi connectivity index (χ3v) is 7.51. The van der Waals surface area contributed by atoms with Crippen molar-refractivity contribution in [1.29, 1.82) is 0 Å². The number of amides is 2. The van der Waals surface area contributed by atoms with Gasteiger partial charge in [0.2, 0.25) is 11.8 Å². The second-order valence-corrected chi connectivity index (χ2v) is 9.34. The van der Waals surface area contributed by atoms with Crippen LogP contribution in [0.2, 0.25) is 0 Å². The Bertz CT molecular complexity index is 522. The van der Waals surface area contributed by atoms with Crippen molar-refractivity contribution in [3.63, 3.8) is 0 Å². The van der Waals surface area contributed by atoms with E-state index >= 15 is 0 Å². The molecule has 0 spiro atoms. The molecule has 2 amide bonds. The Morgan fingerprint density at radius 3 is 2.22 bits per heavy atom. The van der Waals surface area contributed by atoms with Crippen LogP contribution in [0.3, 0.4) is 0 Å². The molecular formula is C22H37N3O2. The molecule has 4 rings (SSSR count). The second kappa shape index (κ2) is 8.93. The molecule has 27 heavy (non-hydrogen) atoms. The Balaban J connectivity index is 1.16. The Morgan fingerprint density at radius 1 is 0.741 bits per heavy atom. The average Bonchev–Trinajstić information content (AvgIpc) is 2.84. The first kappa shape index (κ1) is 19.2. The van der Waals surface area contributed by atoms with E-state index < -0.39 is 0 Å². The number of carbonyl (C=O) groups is 2. The Labute approximate surface area is 164 Å². The van der Waals surface area contributed by atoms with Gasteiger partial charge in [0.15, 0.2) is 0 Å². The standard InChI is InChI=1S/C22H37N3O2/c26-21(11-10-18-6-2-1-3-7-18)25-16-19(17-25)22(27)24-13-5-12-23(14-15-24)20-8-4-9-20/h18-20H,1-17H2. The van der Waals surface area contributed by atoms with Crippen LogP contribution in [-0.2, 0) is 9.59 Å². The summed E-state index contributed by atoms with van der Waals surface area (Å²) in [7, 11) is 0. The number of hydrogen-bond donors (Lipinski definition) is 0. The van der Waals surface area contributed by atoms with Crippen LogP contribution in [-0.4, -0.2) is 71.8 Å². The molecule has 2 saturated carbocycles. The first-order valence-corrected chi connectivity index (χ1v) is 11.5. The van der Waals surface area contributed by atoms with Gasteiger partial charge in [-0.25, -0.2) is 0 Å². The number of hydrogen-bond acceptors (Lipinski definition) is 3. The molecule has 0 atom stereocenters. The van der Waals surface area contributed by atoms with Crippen LogP contribution >= 0.6 is 0 Å².